The Bertz CT molecular complexity index is 1030. The van der Waals surface area contributed by atoms with Crippen LogP contribution < -0.4 is 15.2 Å². The molecule has 0 saturated heterocycles. The van der Waals surface area contributed by atoms with Gasteiger partial charge in [0.2, 0.25) is 0 Å². The third kappa shape index (κ3) is 3.79. The van der Waals surface area contributed by atoms with E-state index in [9.17, 15) is 4.79 Å². The van der Waals surface area contributed by atoms with Crippen molar-refractivity contribution in [2.75, 3.05) is 27.4 Å². The van der Waals surface area contributed by atoms with Gasteiger partial charge in [0.05, 0.1) is 38.4 Å². The van der Waals surface area contributed by atoms with E-state index in [0.717, 1.165) is 15.6 Å². The van der Waals surface area contributed by atoms with Crippen molar-refractivity contribution < 1.29 is 14.2 Å². The zero-order valence-electron chi connectivity index (χ0n) is 16.4. The summed E-state index contributed by atoms with van der Waals surface area (Å²) in [6, 6.07) is 7.38. The monoisotopic (exact) mass is 449 g/mol. The molecule has 0 aliphatic rings. The third-order valence-electron chi connectivity index (χ3n) is 4.65. The molecule has 0 unspecified atom stereocenters. The summed E-state index contributed by atoms with van der Waals surface area (Å²) in [6.07, 6.45) is 1.70. The van der Waals surface area contributed by atoms with Crippen molar-refractivity contribution in [2.45, 2.75) is 26.4 Å². The SMILES string of the molecule is CCOc1cc([C@@H](C)n2c(=O)n(CCOC)c3cc(Br)cnc32)ccc1OC. The van der Waals surface area contributed by atoms with Crippen molar-refractivity contribution in [3.63, 3.8) is 0 Å². The van der Waals surface area contributed by atoms with Crippen LogP contribution >= 0.6 is 15.9 Å². The molecule has 0 spiro atoms. The van der Waals surface area contributed by atoms with Crippen molar-refractivity contribution in [1.29, 1.82) is 0 Å². The first-order chi connectivity index (χ1) is 13.5. The molecule has 0 aliphatic heterocycles. The maximum Gasteiger partial charge on any atom is 0.330 e. The van der Waals surface area contributed by atoms with Gasteiger partial charge in [-0.3, -0.25) is 9.13 Å². The van der Waals surface area contributed by atoms with Gasteiger partial charge < -0.3 is 14.2 Å². The Balaban J connectivity index is 2.14. The van der Waals surface area contributed by atoms with Crippen LogP contribution in [-0.2, 0) is 11.3 Å². The van der Waals surface area contributed by atoms with E-state index in [1.54, 1.807) is 29.6 Å². The minimum atomic E-state index is -0.238. The first-order valence-electron chi connectivity index (χ1n) is 9.07. The number of hydrogen-bond acceptors (Lipinski definition) is 5. The number of imidazole rings is 1. The van der Waals surface area contributed by atoms with Gasteiger partial charge in [-0.1, -0.05) is 6.07 Å². The quantitative estimate of drug-likeness (QED) is 0.525. The van der Waals surface area contributed by atoms with Gasteiger partial charge in [-0.2, -0.15) is 0 Å². The lowest BCUT2D eigenvalue weighted by Crippen LogP contribution is -2.28. The molecule has 0 saturated carbocycles. The zero-order valence-corrected chi connectivity index (χ0v) is 18.0. The molecule has 8 heteroatoms. The molecule has 0 N–H and O–H groups in total. The minimum Gasteiger partial charge on any atom is -0.493 e. The summed E-state index contributed by atoms with van der Waals surface area (Å²) in [7, 11) is 3.23. The highest BCUT2D eigenvalue weighted by atomic mass is 79.9. The smallest absolute Gasteiger partial charge is 0.330 e. The molecule has 28 heavy (non-hydrogen) atoms. The number of methoxy groups -OCH3 is 2. The third-order valence-corrected chi connectivity index (χ3v) is 5.08. The van der Waals surface area contributed by atoms with Crippen LogP contribution in [0.3, 0.4) is 0 Å². The van der Waals surface area contributed by atoms with E-state index in [2.05, 4.69) is 20.9 Å². The molecule has 0 radical (unpaired) electrons. The van der Waals surface area contributed by atoms with Crippen LogP contribution in [0.5, 0.6) is 11.5 Å². The predicted octanol–water partition coefficient (Wildman–Crippen LogP) is 3.62. The molecule has 2 heterocycles. The molecule has 7 nitrogen and oxygen atoms in total. The van der Waals surface area contributed by atoms with Crippen LogP contribution in [0.4, 0.5) is 0 Å². The summed E-state index contributed by atoms with van der Waals surface area (Å²) in [4.78, 5) is 17.7. The fraction of sp³-hybridized carbons (Fsp3) is 0.400. The lowest BCUT2D eigenvalue weighted by Gasteiger charge is -2.16. The maximum atomic E-state index is 13.2. The molecule has 150 valence electrons. The summed E-state index contributed by atoms with van der Waals surface area (Å²) < 4.78 is 20.4. The molecule has 0 bridgehead atoms. The van der Waals surface area contributed by atoms with E-state index in [4.69, 9.17) is 14.2 Å². The van der Waals surface area contributed by atoms with Crippen molar-refractivity contribution >= 4 is 27.1 Å². The number of nitrogens with zero attached hydrogens (tertiary/aromatic N) is 3. The molecule has 0 fully saturated rings. The molecule has 1 aromatic carbocycles. The van der Waals surface area contributed by atoms with E-state index in [1.807, 2.05) is 38.1 Å². The largest absolute Gasteiger partial charge is 0.493 e. The lowest BCUT2D eigenvalue weighted by atomic mass is 10.1. The standard InChI is InChI=1S/C20H24BrN3O4/c1-5-28-18-10-14(6-7-17(18)27-4)13(2)24-19-16(11-15(21)12-22-19)23(20(24)25)8-9-26-3/h6-7,10-13H,5,8-9H2,1-4H3/t13-/m1/s1. The Morgan fingerprint density at radius 3 is 2.68 bits per heavy atom. The lowest BCUT2D eigenvalue weighted by molar-refractivity contribution is 0.187. The Morgan fingerprint density at radius 2 is 2.00 bits per heavy atom. The topological polar surface area (TPSA) is 67.5 Å². The first kappa shape index (κ1) is 20.4. The van der Waals surface area contributed by atoms with Gasteiger partial charge in [0.15, 0.2) is 17.1 Å². The molecule has 0 aliphatic carbocycles. The molecular weight excluding hydrogens is 426 g/mol. The molecule has 0 amide bonds. The van der Waals surface area contributed by atoms with Crippen LogP contribution in [0.1, 0.15) is 25.5 Å². The number of rotatable bonds is 8. The van der Waals surface area contributed by atoms with Gasteiger partial charge in [0, 0.05) is 17.8 Å². The van der Waals surface area contributed by atoms with Gasteiger partial charge in [-0.25, -0.2) is 9.78 Å². The number of fused-ring (bicyclic) bond motifs is 1. The van der Waals surface area contributed by atoms with Crippen molar-refractivity contribution in [3.8, 4) is 11.5 Å². The number of hydrogen-bond donors (Lipinski definition) is 0. The van der Waals surface area contributed by atoms with Gasteiger partial charge in [0.1, 0.15) is 0 Å². The highest BCUT2D eigenvalue weighted by molar-refractivity contribution is 9.10. The van der Waals surface area contributed by atoms with E-state index in [1.165, 1.54) is 0 Å². The van der Waals surface area contributed by atoms with Crippen molar-refractivity contribution in [1.82, 2.24) is 14.1 Å². The van der Waals surface area contributed by atoms with Crippen LogP contribution in [0.2, 0.25) is 0 Å². The van der Waals surface area contributed by atoms with E-state index >= 15 is 0 Å². The Kier molecular flexibility index (Phi) is 6.41. The van der Waals surface area contributed by atoms with Gasteiger partial charge in [-0.15, -0.1) is 0 Å². The number of aromatic nitrogens is 3. The van der Waals surface area contributed by atoms with Gasteiger partial charge in [-0.05, 0) is 53.5 Å². The van der Waals surface area contributed by atoms with Crippen LogP contribution in [0.15, 0.2) is 39.7 Å². The Morgan fingerprint density at radius 1 is 1.21 bits per heavy atom. The van der Waals surface area contributed by atoms with E-state index in [-0.39, 0.29) is 11.7 Å². The molecule has 1 atom stereocenters. The average molecular weight is 450 g/mol. The zero-order chi connectivity index (χ0) is 20.3. The minimum absolute atomic E-state index is 0.126. The molecule has 3 aromatic rings. The van der Waals surface area contributed by atoms with Crippen LogP contribution in [0.25, 0.3) is 11.2 Å². The number of halogens is 1. The fourth-order valence-electron chi connectivity index (χ4n) is 3.25. The van der Waals surface area contributed by atoms with E-state index < -0.39 is 0 Å². The number of pyridine rings is 1. The highest BCUT2D eigenvalue weighted by Gasteiger charge is 2.21. The van der Waals surface area contributed by atoms with Crippen molar-refractivity contribution in [2.24, 2.45) is 0 Å². The summed E-state index contributed by atoms with van der Waals surface area (Å²) in [5, 5.41) is 0. The van der Waals surface area contributed by atoms with Gasteiger partial charge in [0.25, 0.3) is 0 Å². The second-order valence-electron chi connectivity index (χ2n) is 6.31. The van der Waals surface area contributed by atoms with E-state index in [0.29, 0.717) is 36.9 Å². The maximum absolute atomic E-state index is 13.2. The Labute approximate surface area is 172 Å². The Hall–Kier alpha value is -2.32. The average Bonchev–Trinajstić information content (AvgIpc) is 2.96. The van der Waals surface area contributed by atoms with Crippen LogP contribution in [-0.4, -0.2) is 41.6 Å². The van der Waals surface area contributed by atoms with Crippen LogP contribution in [0, 0.1) is 0 Å². The molecule has 2 aromatic heterocycles. The van der Waals surface area contributed by atoms with Gasteiger partial charge >= 0.3 is 5.69 Å². The predicted molar refractivity (Wildman–Crippen MR) is 112 cm³/mol. The second kappa shape index (κ2) is 8.79. The molecular formula is C20H24BrN3O4. The fourth-order valence-corrected chi connectivity index (χ4v) is 3.57. The second-order valence-corrected chi connectivity index (χ2v) is 7.23. The number of benzene rings is 1. The number of ether oxygens (including phenoxy) is 3. The summed E-state index contributed by atoms with van der Waals surface area (Å²) in [5.41, 5.74) is 2.20. The summed E-state index contributed by atoms with van der Waals surface area (Å²) in [5.74, 6) is 1.32. The molecule has 3 rings (SSSR count). The summed E-state index contributed by atoms with van der Waals surface area (Å²) in [6.45, 7) is 5.32. The summed E-state index contributed by atoms with van der Waals surface area (Å²) >= 11 is 3.44. The van der Waals surface area contributed by atoms with Crippen molar-refractivity contribution in [3.05, 3.63) is 51.0 Å². The highest BCUT2D eigenvalue weighted by Crippen LogP contribution is 2.32. The normalized spacial score (nSPS) is 12.3. The first-order valence-corrected chi connectivity index (χ1v) is 9.87.